The first-order chi connectivity index (χ1) is 12.8. The summed E-state index contributed by atoms with van der Waals surface area (Å²) in [6.07, 6.45) is 4.17. The van der Waals surface area contributed by atoms with Gasteiger partial charge in [-0.15, -0.1) is 0 Å². The van der Waals surface area contributed by atoms with Gasteiger partial charge in [-0.05, 0) is 19.8 Å². The molecule has 10 heteroatoms. The van der Waals surface area contributed by atoms with Crippen LogP contribution in [0.15, 0.2) is 18.5 Å². The number of hydrogen-bond donors (Lipinski definition) is 4. The minimum Gasteiger partial charge on any atom is -0.436 e. The zero-order chi connectivity index (χ0) is 19.6. The Balaban J connectivity index is 1.73. The third-order valence-electron chi connectivity index (χ3n) is 4.64. The lowest BCUT2D eigenvalue weighted by Gasteiger charge is -2.37. The number of nitrogens with one attached hydrogen (secondary N) is 1. The fraction of sp³-hybridized carbons (Fsp3) is 0.412. The number of rotatable bonds is 4. The summed E-state index contributed by atoms with van der Waals surface area (Å²) in [5, 5.41) is 18.7. The van der Waals surface area contributed by atoms with Crippen molar-refractivity contribution in [2.24, 2.45) is 5.73 Å². The van der Waals surface area contributed by atoms with Gasteiger partial charge in [0, 0.05) is 31.9 Å². The number of hydrogen-bond acceptors (Lipinski definition) is 9. The molecule has 2 aromatic heterocycles. The maximum atomic E-state index is 10.2. The number of halogens is 1. The van der Waals surface area contributed by atoms with Gasteiger partial charge in [0.05, 0.1) is 17.5 Å². The highest BCUT2D eigenvalue weighted by Gasteiger charge is 2.31. The van der Waals surface area contributed by atoms with Crippen LogP contribution in [0, 0.1) is 12.3 Å². The Labute approximate surface area is 161 Å². The van der Waals surface area contributed by atoms with Crippen LogP contribution in [0.4, 0.5) is 11.6 Å². The van der Waals surface area contributed by atoms with Gasteiger partial charge in [-0.1, -0.05) is 11.6 Å². The molecule has 3 rings (SSSR count). The molecule has 0 radical (unpaired) electrons. The topological polar surface area (TPSA) is 147 Å². The summed E-state index contributed by atoms with van der Waals surface area (Å²) in [5.74, 6) is 0.715. The average Bonchev–Trinajstić information content (AvgIpc) is 2.66. The lowest BCUT2D eigenvalue weighted by molar-refractivity contribution is 0.0249. The molecule has 0 aliphatic carbocycles. The largest absolute Gasteiger partial charge is 0.436 e. The average molecular weight is 392 g/mol. The first kappa shape index (κ1) is 19.3. The first-order valence-electron chi connectivity index (χ1n) is 8.51. The summed E-state index contributed by atoms with van der Waals surface area (Å²) in [6.45, 7) is 3.17. The van der Waals surface area contributed by atoms with Crippen LogP contribution in [0.3, 0.4) is 0 Å². The first-order valence-corrected chi connectivity index (χ1v) is 8.88. The van der Waals surface area contributed by atoms with E-state index in [1.165, 1.54) is 6.20 Å². The molecule has 2 aromatic rings. The van der Waals surface area contributed by atoms with E-state index >= 15 is 0 Å². The van der Waals surface area contributed by atoms with Crippen molar-refractivity contribution in [2.45, 2.75) is 25.4 Å². The van der Waals surface area contributed by atoms with Crippen LogP contribution < -0.4 is 21.1 Å². The number of aromatic nitrogens is 3. The van der Waals surface area contributed by atoms with Crippen LogP contribution in [0.25, 0.3) is 0 Å². The van der Waals surface area contributed by atoms with Gasteiger partial charge >= 0.3 is 0 Å². The number of piperidine rings is 1. The molecule has 9 nitrogen and oxygen atoms in total. The SMILES string of the molecule is Cc1nccc(OC(=N)c2ncc(N3CCC(O)(CN)CC3)nc2N)c1Cl. The van der Waals surface area contributed by atoms with Crippen molar-refractivity contribution in [1.29, 1.82) is 5.41 Å². The van der Waals surface area contributed by atoms with Gasteiger partial charge in [0.25, 0.3) is 0 Å². The van der Waals surface area contributed by atoms with Crippen molar-refractivity contribution >= 4 is 29.1 Å². The van der Waals surface area contributed by atoms with Crippen LogP contribution in [0.1, 0.15) is 24.2 Å². The summed E-state index contributed by atoms with van der Waals surface area (Å²) in [5.41, 5.74) is 11.5. The van der Waals surface area contributed by atoms with Crippen LogP contribution in [-0.2, 0) is 0 Å². The molecule has 3 heterocycles. The molecular weight excluding hydrogens is 370 g/mol. The van der Waals surface area contributed by atoms with Gasteiger partial charge in [0.15, 0.2) is 17.3 Å². The predicted molar refractivity (Wildman–Crippen MR) is 103 cm³/mol. The second-order valence-corrected chi connectivity index (χ2v) is 6.90. The molecule has 0 aromatic carbocycles. The summed E-state index contributed by atoms with van der Waals surface area (Å²) < 4.78 is 5.49. The zero-order valence-corrected chi connectivity index (χ0v) is 15.7. The van der Waals surface area contributed by atoms with Crippen molar-refractivity contribution in [3.8, 4) is 5.75 Å². The number of nitrogens with zero attached hydrogens (tertiary/aromatic N) is 4. The molecule has 0 bridgehead atoms. The summed E-state index contributed by atoms with van der Waals surface area (Å²) in [4.78, 5) is 14.6. The number of aryl methyl sites for hydroxylation is 1. The summed E-state index contributed by atoms with van der Waals surface area (Å²) in [6, 6.07) is 1.56. The van der Waals surface area contributed by atoms with Crippen molar-refractivity contribution in [2.75, 3.05) is 30.3 Å². The quantitative estimate of drug-likeness (QED) is 0.447. The van der Waals surface area contributed by atoms with Gasteiger partial charge in [0.2, 0.25) is 5.90 Å². The fourth-order valence-corrected chi connectivity index (χ4v) is 2.99. The highest BCUT2D eigenvalue weighted by molar-refractivity contribution is 6.32. The molecule has 6 N–H and O–H groups in total. The van der Waals surface area contributed by atoms with Crippen molar-refractivity contribution in [3.63, 3.8) is 0 Å². The molecule has 0 atom stereocenters. The summed E-state index contributed by atoms with van der Waals surface area (Å²) >= 11 is 6.14. The van der Waals surface area contributed by atoms with Crippen molar-refractivity contribution in [1.82, 2.24) is 15.0 Å². The van der Waals surface area contributed by atoms with Crippen LogP contribution in [-0.4, -0.2) is 51.2 Å². The Morgan fingerprint density at radius 2 is 2.11 bits per heavy atom. The Morgan fingerprint density at radius 1 is 1.41 bits per heavy atom. The van der Waals surface area contributed by atoms with Crippen LogP contribution >= 0.6 is 11.6 Å². The number of aliphatic hydroxyl groups is 1. The van der Waals surface area contributed by atoms with Gasteiger partial charge < -0.3 is 26.2 Å². The molecular formula is C17H22ClN7O2. The molecule has 1 aliphatic rings. The smallest absolute Gasteiger partial charge is 0.241 e. The monoisotopic (exact) mass is 391 g/mol. The van der Waals surface area contributed by atoms with Crippen LogP contribution in [0.5, 0.6) is 5.75 Å². The van der Waals surface area contributed by atoms with Gasteiger partial charge in [0.1, 0.15) is 10.8 Å². The minimum atomic E-state index is -0.826. The van der Waals surface area contributed by atoms with E-state index in [0.717, 1.165) is 0 Å². The van der Waals surface area contributed by atoms with E-state index in [2.05, 4.69) is 15.0 Å². The van der Waals surface area contributed by atoms with Gasteiger partial charge in [-0.3, -0.25) is 10.4 Å². The maximum absolute atomic E-state index is 10.2. The Bertz CT molecular complexity index is 853. The molecule has 0 amide bonds. The molecule has 1 saturated heterocycles. The molecule has 27 heavy (non-hydrogen) atoms. The molecule has 0 saturated carbocycles. The second kappa shape index (κ2) is 7.63. The predicted octanol–water partition coefficient (Wildman–Crippen LogP) is 1.11. The number of nitrogens with two attached hydrogens (primary N) is 2. The third-order valence-corrected chi connectivity index (χ3v) is 5.10. The van der Waals surface area contributed by atoms with Gasteiger partial charge in [-0.2, -0.15) is 0 Å². The fourth-order valence-electron chi connectivity index (χ4n) is 2.84. The normalized spacial score (nSPS) is 16.2. The Hall–Kier alpha value is -2.49. The van der Waals surface area contributed by atoms with Gasteiger partial charge in [-0.25, -0.2) is 9.97 Å². The van der Waals surface area contributed by atoms with E-state index in [1.807, 2.05) is 4.90 Å². The third kappa shape index (κ3) is 4.10. The van der Waals surface area contributed by atoms with E-state index in [0.29, 0.717) is 48.2 Å². The second-order valence-electron chi connectivity index (χ2n) is 6.52. The van der Waals surface area contributed by atoms with E-state index in [4.69, 9.17) is 33.2 Å². The van der Waals surface area contributed by atoms with E-state index in [1.54, 1.807) is 19.2 Å². The standard InChI is InChI=1S/C17H22ClN7O2/c1-10-13(18)11(2-5-22-10)27-16(21)14-15(20)24-12(8-23-14)25-6-3-17(26,9-19)4-7-25/h2,5,8,21,26H,3-4,6-7,9,19H2,1H3,(H2,20,24). The number of pyridine rings is 1. The Morgan fingerprint density at radius 3 is 2.74 bits per heavy atom. The number of nitrogen functional groups attached to an aromatic ring is 1. The van der Waals surface area contributed by atoms with Crippen molar-refractivity contribution in [3.05, 3.63) is 34.9 Å². The lowest BCUT2D eigenvalue weighted by atomic mass is 9.92. The van der Waals surface area contributed by atoms with E-state index in [9.17, 15) is 5.11 Å². The highest BCUT2D eigenvalue weighted by Crippen LogP contribution is 2.28. The minimum absolute atomic E-state index is 0.0825. The molecule has 0 spiro atoms. The molecule has 144 valence electrons. The zero-order valence-electron chi connectivity index (χ0n) is 14.9. The van der Waals surface area contributed by atoms with E-state index < -0.39 is 5.60 Å². The van der Waals surface area contributed by atoms with Crippen molar-refractivity contribution < 1.29 is 9.84 Å². The number of anilines is 2. The molecule has 1 aliphatic heterocycles. The summed E-state index contributed by atoms with van der Waals surface area (Å²) in [7, 11) is 0. The van der Waals surface area contributed by atoms with E-state index in [-0.39, 0.29) is 24.0 Å². The maximum Gasteiger partial charge on any atom is 0.241 e. The lowest BCUT2D eigenvalue weighted by Crippen LogP contribution is -2.49. The number of ether oxygens (including phenoxy) is 1. The molecule has 1 fully saturated rings. The highest BCUT2D eigenvalue weighted by atomic mass is 35.5. The van der Waals surface area contributed by atoms with Crippen LogP contribution in [0.2, 0.25) is 5.02 Å². The Kier molecular flexibility index (Phi) is 5.45. The molecule has 0 unspecified atom stereocenters.